The number of amides is 1. The molecule has 0 aromatic heterocycles. The molecule has 1 amide bonds. The van der Waals surface area contributed by atoms with Gasteiger partial charge in [-0.1, -0.05) is 30.3 Å². The molecule has 0 unspecified atom stereocenters. The van der Waals surface area contributed by atoms with Crippen molar-refractivity contribution in [2.45, 2.75) is 11.8 Å². The number of alkyl halides is 3. The minimum absolute atomic E-state index is 0.593. The van der Waals surface area contributed by atoms with E-state index in [0.717, 1.165) is 12.1 Å². The molecule has 0 saturated carbocycles. The van der Waals surface area contributed by atoms with Crippen LogP contribution in [0.5, 0.6) is 0 Å². The number of halogens is 3. The molecule has 0 aliphatic heterocycles. The van der Waals surface area contributed by atoms with Crippen molar-refractivity contribution in [1.82, 2.24) is 0 Å². The lowest BCUT2D eigenvalue weighted by molar-refractivity contribution is -0.255. The van der Waals surface area contributed by atoms with Gasteiger partial charge in [-0.2, -0.15) is 13.2 Å². The molecule has 0 heterocycles. The molecule has 0 fully saturated rings. The smallest absolute Gasteiger partial charge is 0.369 e. The first kappa shape index (κ1) is 11.5. The van der Waals surface area contributed by atoms with Crippen molar-refractivity contribution < 1.29 is 23.1 Å². The summed E-state index contributed by atoms with van der Waals surface area (Å²) >= 11 is 0. The normalized spacial score (nSPS) is 15.7. The summed E-state index contributed by atoms with van der Waals surface area (Å²) in [6, 6.07) is 5.97. The predicted octanol–water partition coefficient (Wildman–Crippen LogP) is 0.922. The zero-order chi connectivity index (χ0) is 11.7. The number of carbonyl (C=O) groups is 1. The Balaban J connectivity index is 3.32. The molecule has 1 aromatic carbocycles. The maximum absolute atomic E-state index is 12.5. The topological polar surface area (TPSA) is 63.3 Å². The molecule has 3 N–H and O–H groups in total. The highest BCUT2D eigenvalue weighted by Gasteiger charge is 2.59. The van der Waals surface area contributed by atoms with Crippen LogP contribution in [-0.4, -0.2) is 17.2 Å². The van der Waals surface area contributed by atoms with Gasteiger partial charge in [-0.25, -0.2) is 0 Å². The summed E-state index contributed by atoms with van der Waals surface area (Å²) in [4.78, 5) is 10.7. The number of hydrogen-bond donors (Lipinski definition) is 2. The Labute approximate surface area is 83.3 Å². The fourth-order valence-corrected chi connectivity index (χ4v) is 1.12. The molecule has 1 aromatic rings. The lowest BCUT2D eigenvalue weighted by Crippen LogP contribution is -2.52. The first-order chi connectivity index (χ1) is 6.80. The van der Waals surface area contributed by atoms with E-state index >= 15 is 0 Å². The lowest BCUT2D eigenvalue weighted by atomic mass is 9.92. The average Bonchev–Trinajstić information content (AvgIpc) is 2.16. The average molecular weight is 219 g/mol. The monoisotopic (exact) mass is 219 g/mol. The van der Waals surface area contributed by atoms with Crippen molar-refractivity contribution in [1.29, 1.82) is 0 Å². The van der Waals surface area contributed by atoms with Gasteiger partial charge in [0.1, 0.15) is 0 Å². The number of carbonyl (C=O) groups excluding carboxylic acids is 1. The van der Waals surface area contributed by atoms with Gasteiger partial charge in [-0.15, -0.1) is 0 Å². The van der Waals surface area contributed by atoms with Crippen molar-refractivity contribution in [3.05, 3.63) is 35.9 Å². The number of benzene rings is 1. The maximum Gasteiger partial charge on any atom is 0.430 e. The van der Waals surface area contributed by atoms with Crippen LogP contribution in [0.15, 0.2) is 30.3 Å². The van der Waals surface area contributed by atoms with Crippen molar-refractivity contribution in [3.8, 4) is 0 Å². The van der Waals surface area contributed by atoms with E-state index in [-0.39, 0.29) is 0 Å². The third-order valence-corrected chi connectivity index (χ3v) is 1.96. The second-order valence-electron chi connectivity index (χ2n) is 2.94. The molecule has 3 nitrogen and oxygen atoms in total. The molecule has 0 saturated heterocycles. The molecule has 1 rings (SSSR count). The zero-order valence-electron chi connectivity index (χ0n) is 7.45. The van der Waals surface area contributed by atoms with E-state index < -0.39 is 23.2 Å². The summed E-state index contributed by atoms with van der Waals surface area (Å²) in [5.41, 5.74) is 0.357. The molecule has 0 aliphatic carbocycles. The Kier molecular flexibility index (Phi) is 2.72. The summed E-state index contributed by atoms with van der Waals surface area (Å²) in [6.45, 7) is 0. The molecule has 1 atom stereocenters. The summed E-state index contributed by atoms with van der Waals surface area (Å²) in [7, 11) is 0. The van der Waals surface area contributed by atoms with E-state index in [4.69, 9.17) is 0 Å². The van der Waals surface area contributed by atoms with Crippen LogP contribution < -0.4 is 5.73 Å². The molecule has 0 aliphatic rings. The van der Waals surface area contributed by atoms with Gasteiger partial charge in [-0.3, -0.25) is 4.79 Å². The number of rotatable bonds is 2. The Morgan fingerprint density at radius 1 is 1.20 bits per heavy atom. The van der Waals surface area contributed by atoms with Crippen LogP contribution in [0, 0.1) is 0 Å². The third-order valence-electron chi connectivity index (χ3n) is 1.96. The largest absolute Gasteiger partial charge is 0.430 e. The van der Waals surface area contributed by atoms with Crippen LogP contribution in [0.4, 0.5) is 13.2 Å². The molecular weight excluding hydrogens is 211 g/mol. The summed E-state index contributed by atoms with van der Waals surface area (Å²) < 4.78 is 37.5. The van der Waals surface area contributed by atoms with Crippen molar-refractivity contribution in [2.75, 3.05) is 0 Å². The van der Waals surface area contributed by atoms with Crippen LogP contribution in [0.1, 0.15) is 5.56 Å². The van der Waals surface area contributed by atoms with Gasteiger partial charge >= 0.3 is 6.18 Å². The Bertz CT molecular complexity index is 363. The van der Waals surface area contributed by atoms with Crippen molar-refractivity contribution in [3.63, 3.8) is 0 Å². The number of aliphatic hydroxyl groups is 1. The Morgan fingerprint density at radius 3 is 2.00 bits per heavy atom. The predicted molar refractivity (Wildman–Crippen MR) is 45.6 cm³/mol. The quantitative estimate of drug-likeness (QED) is 0.776. The highest BCUT2D eigenvalue weighted by Crippen LogP contribution is 2.38. The van der Waals surface area contributed by atoms with Gasteiger partial charge in [0.25, 0.3) is 11.5 Å². The van der Waals surface area contributed by atoms with Crippen LogP contribution in [-0.2, 0) is 10.4 Å². The van der Waals surface area contributed by atoms with Gasteiger partial charge in [-0.05, 0) is 0 Å². The molecule has 0 bridgehead atoms. The van der Waals surface area contributed by atoms with Crippen LogP contribution >= 0.6 is 0 Å². The number of hydrogen-bond acceptors (Lipinski definition) is 2. The second kappa shape index (κ2) is 3.54. The fourth-order valence-electron chi connectivity index (χ4n) is 1.12. The Hall–Kier alpha value is -1.56. The molecule has 6 heteroatoms. The van der Waals surface area contributed by atoms with Crippen LogP contribution in [0.2, 0.25) is 0 Å². The van der Waals surface area contributed by atoms with E-state index in [9.17, 15) is 23.1 Å². The minimum atomic E-state index is -5.14. The highest BCUT2D eigenvalue weighted by atomic mass is 19.4. The van der Waals surface area contributed by atoms with E-state index in [0.29, 0.717) is 0 Å². The fraction of sp³-hybridized carbons (Fsp3) is 0.222. The first-order valence-corrected chi connectivity index (χ1v) is 3.94. The third kappa shape index (κ3) is 1.80. The van der Waals surface area contributed by atoms with E-state index in [2.05, 4.69) is 5.73 Å². The van der Waals surface area contributed by atoms with Crippen LogP contribution in [0.3, 0.4) is 0 Å². The van der Waals surface area contributed by atoms with Gasteiger partial charge < -0.3 is 10.8 Å². The molecule has 15 heavy (non-hydrogen) atoms. The van der Waals surface area contributed by atoms with Crippen molar-refractivity contribution in [2.24, 2.45) is 5.73 Å². The van der Waals surface area contributed by atoms with Gasteiger partial charge in [0.15, 0.2) is 0 Å². The zero-order valence-corrected chi connectivity index (χ0v) is 7.45. The van der Waals surface area contributed by atoms with Gasteiger partial charge in [0, 0.05) is 5.56 Å². The van der Waals surface area contributed by atoms with Crippen molar-refractivity contribution >= 4 is 5.91 Å². The molecule has 82 valence electrons. The maximum atomic E-state index is 12.5. The molecular formula is C9H8F3NO2. The summed E-state index contributed by atoms with van der Waals surface area (Å²) in [6.07, 6.45) is -5.14. The molecule has 0 spiro atoms. The summed E-state index contributed by atoms with van der Waals surface area (Å²) in [5, 5.41) is 9.30. The number of primary amides is 1. The summed E-state index contributed by atoms with van der Waals surface area (Å²) in [5.74, 6) is -1.85. The first-order valence-electron chi connectivity index (χ1n) is 3.94. The van der Waals surface area contributed by atoms with E-state index in [1.807, 2.05) is 0 Å². The highest BCUT2D eigenvalue weighted by molar-refractivity contribution is 5.85. The second-order valence-corrected chi connectivity index (χ2v) is 2.94. The van der Waals surface area contributed by atoms with Crippen LogP contribution in [0.25, 0.3) is 0 Å². The van der Waals surface area contributed by atoms with E-state index in [1.54, 1.807) is 0 Å². The number of nitrogens with two attached hydrogens (primary N) is 1. The standard InChI is InChI=1S/C9H8F3NO2/c10-9(11,12)8(15,7(13)14)6-4-2-1-3-5-6/h1-5,15H,(H2,13,14)/t8-/m1/s1. The molecule has 0 radical (unpaired) electrons. The lowest BCUT2D eigenvalue weighted by Gasteiger charge is -2.27. The Morgan fingerprint density at radius 2 is 1.67 bits per heavy atom. The van der Waals surface area contributed by atoms with E-state index in [1.165, 1.54) is 18.2 Å². The van der Waals surface area contributed by atoms with Gasteiger partial charge in [0.2, 0.25) is 0 Å². The van der Waals surface area contributed by atoms with Gasteiger partial charge in [0.05, 0.1) is 0 Å². The SMILES string of the molecule is NC(=O)[C@](O)(c1ccccc1)C(F)(F)F. The minimum Gasteiger partial charge on any atom is -0.369 e.